The van der Waals surface area contributed by atoms with Crippen LogP contribution in [-0.4, -0.2) is 36.4 Å². The third-order valence-corrected chi connectivity index (χ3v) is 3.28. The van der Waals surface area contributed by atoms with Gasteiger partial charge < -0.3 is 19.0 Å². The van der Waals surface area contributed by atoms with Gasteiger partial charge in [0, 0.05) is 6.04 Å². The predicted molar refractivity (Wildman–Crippen MR) is 63.1 cm³/mol. The van der Waals surface area contributed by atoms with Gasteiger partial charge in [-0.1, -0.05) is 5.16 Å². The first-order valence-electron chi connectivity index (χ1n) is 5.92. The van der Waals surface area contributed by atoms with Crippen molar-refractivity contribution in [3.8, 4) is 11.6 Å². The summed E-state index contributed by atoms with van der Waals surface area (Å²) in [6, 6.07) is 2.09. The molecule has 3 heterocycles. The number of ether oxygens (including phenoxy) is 1. The summed E-state index contributed by atoms with van der Waals surface area (Å²) in [5.74, 6) is 1.85. The highest BCUT2D eigenvalue weighted by molar-refractivity contribution is 5.51. The number of nitrogens with zero attached hydrogens (tertiary/aromatic N) is 2. The highest BCUT2D eigenvalue weighted by Gasteiger charge is 2.33. The first-order chi connectivity index (χ1) is 8.79. The number of nitrogens with one attached hydrogen (secondary N) is 1. The number of aromatic nitrogens is 2. The molecule has 96 valence electrons. The lowest BCUT2D eigenvalue weighted by Gasteiger charge is -2.11. The summed E-state index contributed by atoms with van der Waals surface area (Å²) in [4.78, 5) is 4.40. The summed E-state index contributed by atoms with van der Waals surface area (Å²) in [6.07, 6.45) is 1.62. The molecule has 0 aromatic carbocycles. The molecule has 18 heavy (non-hydrogen) atoms. The van der Waals surface area contributed by atoms with E-state index in [0.29, 0.717) is 30.7 Å². The average Bonchev–Trinajstić information content (AvgIpc) is 3.06. The van der Waals surface area contributed by atoms with Crippen LogP contribution in [0.1, 0.15) is 17.4 Å². The largest absolute Gasteiger partial charge is 0.461 e. The molecule has 6 nitrogen and oxygen atoms in total. The van der Waals surface area contributed by atoms with Crippen LogP contribution in [0.2, 0.25) is 0 Å². The van der Waals surface area contributed by atoms with E-state index in [2.05, 4.69) is 15.5 Å². The SMILES string of the molecule is CNC1COCC1c1nc(-c2occc2C)no1. The first kappa shape index (κ1) is 11.4. The van der Waals surface area contributed by atoms with Crippen molar-refractivity contribution in [1.82, 2.24) is 15.5 Å². The molecule has 1 fully saturated rings. The summed E-state index contributed by atoms with van der Waals surface area (Å²) in [5, 5.41) is 7.16. The molecule has 2 unspecified atom stereocenters. The topological polar surface area (TPSA) is 73.3 Å². The summed E-state index contributed by atoms with van der Waals surface area (Å²) in [7, 11) is 1.90. The molecular weight excluding hydrogens is 234 g/mol. The van der Waals surface area contributed by atoms with E-state index in [1.807, 2.05) is 20.0 Å². The number of hydrogen-bond acceptors (Lipinski definition) is 6. The van der Waals surface area contributed by atoms with E-state index in [4.69, 9.17) is 13.7 Å². The second-order valence-corrected chi connectivity index (χ2v) is 4.43. The molecule has 2 aromatic heterocycles. The first-order valence-corrected chi connectivity index (χ1v) is 5.92. The van der Waals surface area contributed by atoms with Crippen molar-refractivity contribution in [3.05, 3.63) is 23.8 Å². The Morgan fingerprint density at radius 2 is 2.28 bits per heavy atom. The Kier molecular flexibility index (Phi) is 2.89. The molecule has 2 aromatic rings. The van der Waals surface area contributed by atoms with E-state index in [9.17, 15) is 0 Å². The lowest BCUT2D eigenvalue weighted by atomic mass is 10.0. The molecule has 0 spiro atoms. The van der Waals surface area contributed by atoms with Gasteiger partial charge in [-0.15, -0.1) is 0 Å². The van der Waals surface area contributed by atoms with Crippen molar-refractivity contribution in [2.24, 2.45) is 0 Å². The monoisotopic (exact) mass is 249 g/mol. The van der Waals surface area contributed by atoms with Crippen LogP contribution in [0.3, 0.4) is 0 Å². The number of aryl methyl sites for hydroxylation is 1. The fourth-order valence-corrected chi connectivity index (χ4v) is 2.16. The van der Waals surface area contributed by atoms with Crippen LogP contribution < -0.4 is 5.32 Å². The Labute approximate surface area is 104 Å². The van der Waals surface area contributed by atoms with E-state index in [1.165, 1.54) is 0 Å². The molecule has 0 saturated carbocycles. The molecule has 1 saturated heterocycles. The molecule has 0 bridgehead atoms. The Morgan fingerprint density at radius 1 is 1.39 bits per heavy atom. The third-order valence-electron chi connectivity index (χ3n) is 3.28. The molecule has 3 rings (SSSR count). The van der Waals surface area contributed by atoms with Crippen molar-refractivity contribution >= 4 is 0 Å². The zero-order valence-corrected chi connectivity index (χ0v) is 10.3. The minimum absolute atomic E-state index is 0.103. The van der Waals surface area contributed by atoms with E-state index >= 15 is 0 Å². The Hall–Kier alpha value is -1.66. The van der Waals surface area contributed by atoms with Crippen LogP contribution in [0.25, 0.3) is 11.6 Å². The molecule has 6 heteroatoms. The van der Waals surface area contributed by atoms with Crippen molar-refractivity contribution in [2.75, 3.05) is 20.3 Å². The van der Waals surface area contributed by atoms with Crippen LogP contribution >= 0.6 is 0 Å². The van der Waals surface area contributed by atoms with Crippen LogP contribution in [-0.2, 0) is 4.74 Å². The molecule has 0 aliphatic carbocycles. The normalized spacial score (nSPS) is 23.7. The minimum atomic E-state index is 0.103. The summed E-state index contributed by atoms with van der Waals surface area (Å²) < 4.78 is 16.1. The standard InChI is InChI=1S/C12H15N3O3/c1-7-3-4-17-10(7)11-14-12(18-15-11)8-5-16-6-9(8)13-2/h3-4,8-9,13H,5-6H2,1-2H3. The summed E-state index contributed by atoms with van der Waals surface area (Å²) >= 11 is 0. The average molecular weight is 249 g/mol. The summed E-state index contributed by atoms with van der Waals surface area (Å²) in [5.41, 5.74) is 0.996. The quantitative estimate of drug-likeness (QED) is 0.884. The third kappa shape index (κ3) is 1.83. The lowest BCUT2D eigenvalue weighted by Crippen LogP contribution is -2.31. The van der Waals surface area contributed by atoms with Gasteiger partial charge in [0.25, 0.3) is 0 Å². The Balaban J connectivity index is 1.88. The van der Waals surface area contributed by atoms with Gasteiger partial charge in [-0.2, -0.15) is 4.98 Å². The number of hydrogen-bond donors (Lipinski definition) is 1. The minimum Gasteiger partial charge on any atom is -0.461 e. The van der Waals surface area contributed by atoms with Gasteiger partial charge in [-0.05, 0) is 25.6 Å². The smallest absolute Gasteiger partial charge is 0.238 e. The van der Waals surface area contributed by atoms with Gasteiger partial charge in [0.15, 0.2) is 5.76 Å². The van der Waals surface area contributed by atoms with E-state index in [-0.39, 0.29) is 12.0 Å². The maximum Gasteiger partial charge on any atom is 0.238 e. The van der Waals surface area contributed by atoms with Crippen molar-refractivity contribution in [3.63, 3.8) is 0 Å². The fourth-order valence-electron chi connectivity index (χ4n) is 2.16. The van der Waals surface area contributed by atoms with E-state index in [1.54, 1.807) is 6.26 Å². The zero-order chi connectivity index (χ0) is 12.5. The van der Waals surface area contributed by atoms with Crippen molar-refractivity contribution in [1.29, 1.82) is 0 Å². The molecule has 0 radical (unpaired) electrons. The lowest BCUT2D eigenvalue weighted by molar-refractivity contribution is 0.185. The second kappa shape index (κ2) is 4.55. The molecule has 1 aliphatic rings. The van der Waals surface area contributed by atoms with Gasteiger partial charge >= 0.3 is 0 Å². The Bertz CT molecular complexity index is 534. The van der Waals surface area contributed by atoms with Crippen molar-refractivity contribution in [2.45, 2.75) is 18.9 Å². The van der Waals surface area contributed by atoms with Gasteiger partial charge in [0.2, 0.25) is 11.7 Å². The maximum absolute atomic E-state index is 5.42. The fraction of sp³-hybridized carbons (Fsp3) is 0.500. The van der Waals surface area contributed by atoms with Gasteiger partial charge in [0.05, 0.1) is 25.4 Å². The molecule has 1 aliphatic heterocycles. The van der Waals surface area contributed by atoms with Gasteiger partial charge in [-0.3, -0.25) is 0 Å². The summed E-state index contributed by atoms with van der Waals surface area (Å²) in [6.45, 7) is 3.22. The van der Waals surface area contributed by atoms with Gasteiger partial charge in [-0.25, -0.2) is 0 Å². The number of likely N-dealkylation sites (N-methyl/N-ethyl adjacent to an activating group) is 1. The predicted octanol–water partition coefficient (Wildman–Crippen LogP) is 1.34. The van der Waals surface area contributed by atoms with E-state index in [0.717, 1.165) is 5.56 Å². The van der Waals surface area contributed by atoms with Crippen LogP contribution in [0.4, 0.5) is 0 Å². The van der Waals surface area contributed by atoms with Crippen LogP contribution in [0, 0.1) is 6.92 Å². The number of furan rings is 1. The molecule has 0 amide bonds. The highest BCUT2D eigenvalue weighted by atomic mass is 16.5. The van der Waals surface area contributed by atoms with Gasteiger partial charge in [0.1, 0.15) is 0 Å². The van der Waals surface area contributed by atoms with Crippen molar-refractivity contribution < 1.29 is 13.7 Å². The molecular formula is C12H15N3O3. The maximum atomic E-state index is 5.42. The van der Waals surface area contributed by atoms with E-state index < -0.39 is 0 Å². The van der Waals surface area contributed by atoms with Crippen LogP contribution in [0.15, 0.2) is 21.3 Å². The number of rotatable bonds is 3. The molecule has 1 N–H and O–H groups in total. The second-order valence-electron chi connectivity index (χ2n) is 4.43. The molecule has 2 atom stereocenters. The highest BCUT2D eigenvalue weighted by Crippen LogP contribution is 2.27. The van der Waals surface area contributed by atoms with Crippen LogP contribution in [0.5, 0.6) is 0 Å². The zero-order valence-electron chi connectivity index (χ0n) is 10.3. The Morgan fingerprint density at radius 3 is 3.00 bits per heavy atom.